The van der Waals surface area contributed by atoms with Crippen LogP contribution in [0.5, 0.6) is 5.75 Å². The molecule has 0 saturated heterocycles. The van der Waals surface area contributed by atoms with Crippen LogP contribution in [-0.4, -0.2) is 22.1 Å². The maximum absolute atomic E-state index is 12.3. The molecular weight excluding hydrogens is 288 g/mol. The van der Waals surface area contributed by atoms with E-state index in [9.17, 15) is 8.42 Å². The molecule has 0 heterocycles. The molecule has 112 valence electrons. The Hall–Kier alpha value is -2.05. The van der Waals surface area contributed by atoms with Gasteiger partial charge >= 0.3 is 0 Å². The van der Waals surface area contributed by atoms with Crippen LogP contribution < -0.4 is 15.2 Å². The Bertz CT molecular complexity index is 700. The zero-order chi connectivity index (χ0) is 15.3. The van der Waals surface area contributed by atoms with Gasteiger partial charge in [0.2, 0.25) is 0 Å². The van der Waals surface area contributed by atoms with Crippen molar-refractivity contribution in [2.75, 3.05) is 18.4 Å². The van der Waals surface area contributed by atoms with Gasteiger partial charge in [-0.1, -0.05) is 18.2 Å². The lowest BCUT2D eigenvalue weighted by molar-refractivity contribution is 0.410. The number of anilines is 1. The standard InChI is InChI=1S/C15H18N2O3S/c1-20-15-8-7-13(11-12(15)9-10-16)17-21(18,19)14-5-3-2-4-6-14/h2-8,11,17H,9-10,16H2,1H3. The predicted molar refractivity (Wildman–Crippen MR) is 83.0 cm³/mol. The predicted octanol–water partition coefficient (Wildman–Crippen LogP) is 2.00. The smallest absolute Gasteiger partial charge is 0.261 e. The van der Waals surface area contributed by atoms with Gasteiger partial charge in [0.25, 0.3) is 10.0 Å². The first-order chi connectivity index (χ1) is 10.1. The van der Waals surface area contributed by atoms with Crippen LogP contribution in [-0.2, 0) is 16.4 Å². The largest absolute Gasteiger partial charge is 0.496 e. The molecule has 0 aliphatic heterocycles. The fourth-order valence-electron chi connectivity index (χ4n) is 2.01. The van der Waals surface area contributed by atoms with E-state index >= 15 is 0 Å². The van der Waals surface area contributed by atoms with Crippen LogP contribution in [0.1, 0.15) is 5.56 Å². The molecule has 2 aromatic rings. The fourth-order valence-corrected chi connectivity index (χ4v) is 3.08. The van der Waals surface area contributed by atoms with E-state index in [0.29, 0.717) is 24.4 Å². The van der Waals surface area contributed by atoms with Gasteiger partial charge in [0.1, 0.15) is 5.75 Å². The average Bonchev–Trinajstić information content (AvgIpc) is 2.48. The zero-order valence-electron chi connectivity index (χ0n) is 11.7. The number of hydrogen-bond acceptors (Lipinski definition) is 4. The number of ether oxygens (including phenoxy) is 1. The van der Waals surface area contributed by atoms with E-state index in [-0.39, 0.29) is 4.90 Å². The first-order valence-electron chi connectivity index (χ1n) is 6.51. The second-order valence-corrected chi connectivity index (χ2v) is 6.17. The van der Waals surface area contributed by atoms with Gasteiger partial charge < -0.3 is 10.5 Å². The summed E-state index contributed by atoms with van der Waals surface area (Å²) in [7, 11) is -2.01. The van der Waals surface area contributed by atoms with Crippen molar-refractivity contribution in [2.24, 2.45) is 5.73 Å². The maximum Gasteiger partial charge on any atom is 0.261 e. The Balaban J connectivity index is 2.29. The highest BCUT2D eigenvalue weighted by Gasteiger charge is 2.14. The molecule has 2 aromatic carbocycles. The molecule has 5 nitrogen and oxygen atoms in total. The first-order valence-corrected chi connectivity index (χ1v) is 8.00. The molecule has 0 saturated carbocycles. The number of nitrogens with one attached hydrogen (secondary N) is 1. The molecule has 2 rings (SSSR count). The van der Waals surface area contributed by atoms with Crippen molar-refractivity contribution in [3.05, 3.63) is 54.1 Å². The van der Waals surface area contributed by atoms with Gasteiger partial charge in [-0.25, -0.2) is 8.42 Å². The van der Waals surface area contributed by atoms with Gasteiger partial charge in [0.15, 0.2) is 0 Å². The minimum Gasteiger partial charge on any atom is -0.496 e. The lowest BCUT2D eigenvalue weighted by atomic mass is 10.1. The summed E-state index contributed by atoms with van der Waals surface area (Å²) in [6, 6.07) is 13.4. The van der Waals surface area contributed by atoms with E-state index < -0.39 is 10.0 Å². The van der Waals surface area contributed by atoms with Crippen LogP contribution in [0.4, 0.5) is 5.69 Å². The van der Waals surface area contributed by atoms with Crippen molar-refractivity contribution < 1.29 is 13.2 Å². The van der Waals surface area contributed by atoms with E-state index in [1.807, 2.05) is 0 Å². The molecule has 0 aromatic heterocycles. The maximum atomic E-state index is 12.3. The third-order valence-electron chi connectivity index (χ3n) is 3.00. The summed E-state index contributed by atoms with van der Waals surface area (Å²) < 4.78 is 32.3. The van der Waals surface area contributed by atoms with Crippen molar-refractivity contribution in [1.82, 2.24) is 0 Å². The Morgan fingerprint density at radius 1 is 1.14 bits per heavy atom. The molecule has 0 spiro atoms. The van der Waals surface area contributed by atoms with Crippen molar-refractivity contribution in [2.45, 2.75) is 11.3 Å². The van der Waals surface area contributed by atoms with Crippen LogP contribution in [0.25, 0.3) is 0 Å². The van der Waals surface area contributed by atoms with Crippen molar-refractivity contribution in [3.8, 4) is 5.75 Å². The SMILES string of the molecule is COc1ccc(NS(=O)(=O)c2ccccc2)cc1CCN. The highest BCUT2D eigenvalue weighted by Crippen LogP contribution is 2.24. The van der Waals surface area contributed by atoms with Crippen LogP contribution >= 0.6 is 0 Å². The Labute approximate surface area is 124 Å². The topological polar surface area (TPSA) is 81.4 Å². The summed E-state index contributed by atoms with van der Waals surface area (Å²) in [6.07, 6.45) is 0.615. The van der Waals surface area contributed by atoms with Gasteiger partial charge in [0.05, 0.1) is 12.0 Å². The molecule has 6 heteroatoms. The Kier molecular flexibility index (Phi) is 4.82. The average molecular weight is 306 g/mol. The molecule has 3 N–H and O–H groups in total. The summed E-state index contributed by atoms with van der Waals surface area (Å²) in [5.41, 5.74) is 6.92. The molecule has 0 amide bonds. The van der Waals surface area contributed by atoms with Crippen molar-refractivity contribution in [3.63, 3.8) is 0 Å². The van der Waals surface area contributed by atoms with Crippen molar-refractivity contribution in [1.29, 1.82) is 0 Å². The Morgan fingerprint density at radius 2 is 1.86 bits per heavy atom. The molecule has 0 unspecified atom stereocenters. The fraction of sp³-hybridized carbons (Fsp3) is 0.200. The van der Waals surface area contributed by atoms with Crippen LogP contribution in [0.2, 0.25) is 0 Å². The summed E-state index contributed by atoms with van der Waals surface area (Å²) in [6.45, 7) is 0.464. The highest BCUT2D eigenvalue weighted by atomic mass is 32.2. The molecule has 21 heavy (non-hydrogen) atoms. The van der Waals surface area contributed by atoms with E-state index in [1.165, 1.54) is 0 Å². The molecule has 0 aliphatic rings. The molecule has 0 radical (unpaired) electrons. The Morgan fingerprint density at radius 3 is 2.48 bits per heavy atom. The van der Waals surface area contributed by atoms with E-state index in [1.54, 1.807) is 55.6 Å². The lowest BCUT2D eigenvalue weighted by Crippen LogP contribution is -2.13. The molecule has 0 aliphatic carbocycles. The van der Waals surface area contributed by atoms with Gasteiger partial charge in [-0.2, -0.15) is 0 Å². The van der Waals surface area contributed by atoms with Gasteiger partial charge in [-0.15, -0.1) is 0 Å². The summed E-state index contributed by atoms with van der Waals surface area (Å²) in [5.74, 6) is 0.697. The van der Waals surface area contributed by atoms with Gasteiger partial charge in [-0.3, -0.25) is 4.72 Å². The highest BCUT2D eigenvalue weighted by molar-refractivity contribution is 7.92. The molecule has 0 bridgehead atoms. The number of sulfonamides is 1. The summed E-state index contributed by atoms with van der Waals surface area (Å²) >= 11 is 0. The van der Waals surface area contributed by atoms with Crippen LogP contribution in [0.3, 0.4) is 0 Å². The second-order valence-electron chi connectivity index (χ2n) is 4.48. The zero-order valence-corrected chi connectivity index (χ0v) is 12.6. The third-order valence-corrected chi connectivity index (χ3v) is 4.40. The normalized spacial score (nSPS) is 11.1. The lowest BCUT2D eigenvalue weighted by Gasteiger charge is -2.12. The van der Waals surface area contributed by atoms with E-state index in [0.717, 1.165) is 5.56 Å². The summed E-state index contributed by atoms with van der Waals surface area (Å²) in [4.78, 5) is 0.223. The van der Waals surface area contributed by atoms with Gasteiger partial charge in [-0.05, 0) is 48.9 Å². The molecule has 0 fully saturated rings. The summed E-state index contributed by atoms with van der Waals surface area (Å²) in [5, 5.41) is 0. The minimum absolute atomic E-state index is 0.223. The van der Waals surface area contributed by atoms with E-state index in [2.05, 4.69) is 4.72 Å². The number of hydrogen-bond donors (Lipinski definition) is 2. The minimum atomic E-state index is -3.59. The molecule has 0 atom stereocenters. The molecular formula is C15H18N2O3S. The van der Waals surface area contributed by atoms with E-state index in [4.69, 9.17) is 10.5 Å². The third kappa shape index (κ3) is 3.74. The monoisotopic (exact) mass is 306 g/mol. The first kappa shape index (κ1) is 15.3. The second kappa shape index (κ2) is 6.60. The quantitative estimate of drug-likeness (QED) is 0.855. The van der Waals surface area contributed by atoms with Gasteiger partial charge in [0, 0.05) is 5.69 Å². The number of benzene rings is 2. The van der Waals surface area contributed by atoms with Crippen LogP contribution in [0.15, 0.2) is 53.4 Å². The van der Waals surface area contributed by atoms with Crippen molar-refractivity contribution >= 4 is 15.7 Å². The number of nitrogens with two attached hydrogens (primary N) is 1. The number of rotatable bonds is 6. The number of methoxy groups -OCH3 is 1. The van der Waals surface area contributed by atoms with Crippen LogP contribution in [0, 0.1) is 0 Å².